The van der Waals surface area contributed by atoms with Crippen LogP contribution in [0.5, 0.6) is 0 Å². The van der Waals surface area contributed by atoms with Gasteiger partial charge in [-0.05, 0) is 58.7 Å². The predicted octanol–water partition coefficient (Wildman–Crippen LogP) is 6.04. The maximum atomic E-state index is 13.3. The second-order valence-corrected chi connectivity index (χ2v) is 9.44. The van der Waals surface area contributed by atoms with E-state index in [4.69, 9.17) is 9.47 Å². The van der Waals surface area contributed by atoms with Crippen LogP contribution in [0, 0.1) is 0 Å². The molecule has 2 atom stereocenters. The summed E-state index contributed by atoms with van der Waals surface area (Å²) < 4.78 is 10.9. The van der Waals surface area contributed by atoms with Gasteiger partial charge in [0.15, 0.2) is 0 Å². The molecule has 2 heterocycles. The van der Waals surface area contributed by atoms with E-state index >= 15 is 0 Å². The van der Waals surface area contributed by atoms with Crippen molar-refractivity contribution in [3.05, 3.63) is 101 Å². The minimum atomic E-state index is -0.340. The lowest BCUT2D eigenvalue weighted by molar-refractivity contribution is 0.0599. The maximum absolute atomic E-state index is 13.3. The Labute approximate surface area is 205 Å². The molecular formula is C30H27NO4. The molecule has 0 spiro atoms. The van der Waals surface area contributed by atoms with E-state index in [0.29, 0.717) is 18.6 Å². The van der Waals surface area contributed by atoms with Crippen LogP contribution in [-0.4, -0.2) is 42.8 Å². The summed E-state index contributed by atoms with van der Waals surface area (Å²) >= 11 is 0. The van der Waals surface area contributed by atoms with Crippen molar-refractivity contribution in [2.24, 2.45) is 0 Å². The molecule has 3 aromatic rings. The average Bonchev–Trinajstić information content (AvgIpc) is 3.37. The quantitative estimate of drug-likeness (QED) is 0.441. The molecule has 2 unspecified atom stereocenters. The van der Waals surface area contributed by atoms with E-state index in [2.05, 4.69) is 42.5 Å². The Kier molecular flexibility index (Phi) is 5.40. The van der Waals surface area contributed by atoms with Crippen LogP contribution in [0.25, 0.3) is 16.7 Å². The summed E-state index contributed by atoms with van der Waals surface area (Å²) in [6.45, 7) is 0.324. The number of methoxy groups -OCH3 is 1. The molecular weight excluding hydrogens is 438 g/mol. The Morgan fingerprint density at radius 1 is 0.857 bits per heavy atom. The van der Waals surface area contributed by atoms with Gasteiger partial charge in [-0.3, -0.25) is 4.90 Å². The van der Waals surface area contributed by atoms with E-state index < -0.39 is 0 Å². The van der Waals surface area contributed by atoms with Gasteiger partial charge in [-0.2, -0.15) is 0 Å². The van der Waals surface area contributed by atoms with Crippen molar-refractivity contribution in [3.8, 4) is 11.1 Å². The van der Waals surface area contributed by atoms with Gasteiger partial charge < -0.3 is 9.47 Å². The van der Waals surface area contributed by atoms with Crippen LogP contribution < -0.4 is 0 Å². The first-order chi connectivity index (χ1) is 17.2. The van der Waals surface area contributed by atoms with Crippen molar-refractivity contribution in [1.82, 2.24) is 4.90 Å². The van der Waals surface area contributed by atoms with Crippen LogP contribution >= 0.6 is 0 Å². The molecule has 5 heteroatoms. The number of esters is 1. The van der Waals surface area contributed by atoms with Crippen molar-refractivity contribution in [1.29, 1.82) is 0 Å². The van der Waals surface area contributed by atoms with Gasteiger partial charge in [0, 0.05) is 12.0 Å². The minimum absolute atomic E-state index is 0.0231. The van der Waals surface area contributed by atoms with E-state index in [9.17, 15) is 9.59 Å². The van der Waals surface area contributed by atoms with Gasteiger partial charge in [0.25, 0.3) is 0 Å². The Hall–Kier alpha value is -3.86. The zero-order valence-corrected chi connectivity index (χ0v) is 19.6. The molecule has 3 aromatic carbocycles. The summed E-state index contributed by atoms with van der Waals surface area (Å²) in [5.74, 6) is -0.292. The van der Waals surface area contributed by atoms with Gasteiger partial charge >= 0.3 is 12.1 Å². The van der Waals surface area contributed by atoms with E-state index in [1.165, 1.54) is 29.4 Å². The fraction of sp³-hybridized carbons (Fsp3) is 0.267. The molecule has 1 aliphatic carbocycles. The van der Waals surface area contributed by atoms with Crippen LogP contribution in [0.2, 0.25) is 0 Å². The normalized spacial score (nSPS) is 20.1. The van der Waals surface area contributed by atoms with Crippen molar-refractivity contribution in [2.45, 2.75) is 37.3 Å². The first kappa shape index (κ1) is 21.7. The molecule has 0 aromatic heterocycles. The molecule has 0 N–H and O–H groups in total. The first-order valence-electron chi connectivity index (χ1n) is 12.2. The summed E-state index contributed by atoms with van der Waals surface area (Å²) in [4.78, 5) is 27.5. The van der Waals surface area contributed by atoms with E-state index in [1.807, 2.05) is 35.2 Å². The molecule has 0 saturated carbocycles. The average molecular weight is 466 g/mol. The van der Waals surface area contributed by atoms with Gasteiger partial charge in [-0.1, -0.05) is 72.8 Å². The lowest BCUT2D eigenvalue weighted by atomic mass is 9.91. The SMILES string of the molecule is COC(=O)c1ccccc1C1=CC2CCC(C1)N2C(=O)OCC1c2ccccc2-c2ccccc21. The summed E-state index contributed by atoms with van der Waals surface area (Å²) in [5, 5.41) is 0. The number of hydrogen-bond acceptors (Lipinski definition) is 4. The minimum Gasteiger partial charge on any atom is -0.465 e. The molecule has 35 heavy (non-hydrogen) atoms. The van der Waals surface area contributed by atoms with Gasteiger partial charge in [0.1, 0.15) is 6.61 Å². The third-order valence-electron chi connectivity index (χ3n) is 7.62. The Balaban J connectivity index is 1.21. The Morgan fingerprint density at radius 3 is 2.14 bits per heavy atom. The van der Waals surface area contributed by atoms with Gasteiger partial charge in [-0.15, -0.1) is 0 Å². The standard InChI is InChI=1S/C30H27NO4/c1-34-29(32)27-13-7-2-8-22(27)19-16-20-14-15-21(17-19)31(20)30(33)35-18-28-25-11-5-3-9-23(25)24-10-4-6-12-26(24)28/h2-13,16,20-21,28H,14-15,17-18H2,1H3. The van der Waals surface area contributed by atoms with Crippen LogP contribution in [0.15, 0.2) is 78.9 Å². The first-order valence-corrected chi connectivity index (χ1v) is 12.2. The molecule has 1 saturated heterocycles. The number of fused-ring (bicyclic) bond motifs is 5. The lowest BCUT2D eigenvalue weighted by Crippen LogP contribution is -2.43. The molecule has 1 amide bonds. The molecule has 2 bridgehead atoms. The van der Waals surface area contributed by atoms with Crippen molar-refractivity contribution < 1.29 is 19.1 Å². The Morgan fingerprint density at radius 2 is 1.49 bits per heavy atom. The topological polar surface area (TPSA) is 55.8 Å². The maximum Gasteiger partial charge on any atom is 0.410 e. The van der Waals surface area contributed by atoms with E-state index in [1.54, 1.807) is 6.07 Å². The third kappa shape index (κ3) is 3.63. The van der Waals surface area contributed by atoms with Gasteiger partial charge in [-0.25, -0.2) is 9.59 Å². The highest BCUT2D eigenvalue weighted by Gasteiger charge is 2.41. The van der Waals surface area contributed by atoms with Crippen molar-refractivity contribution in [2.75, 3.05) is 13.7 Å². The summed E-state index contributed by atoms with van der Waals surface area (Å²) in [6.07, 6.45) is 4.41. The van der Waals surface area contributed by atoms with Crippen molar-refractivity contribution in [3.63, 3.8) is 0 Å². The molecule has 5 nitrogen and oxygen atoms in total. The lowest BCUT2D eigenvalue weighted by Gasteiger charge is -2.34. The summed E-state index contributed by atoms with van der Waals surface area (Å²) in [7, 11) is 1.40. The van der Waals surface area contributed by atoms with Crippen LogP contribution in [0.4, 0.5) is 4.79 Å². The second kappa shape index (κ2) is 8.73. The largest absolute Gasteiger partial charge is 0.465 e. The fourth-order valence-corrected chi connectivity index (χ4v) is 6.03. The van der Waals surface area contributed by atoms with Gasteiger partial charge in [0.05, 0.1) is 18.7 Å². The highest BCUT2D eigenvalue weighted by Crippen LogP contribution is 2.45. The molecule has 3 aliphatic rings. The number of rotatable bonds is 4. The smallest absolute Gasteiger partial charge is 0.410 e. The highest BCUT2D eigenvalue weighted by atomic mass is 16.6. The number of benzene rings is 3. The second-order valence-electron chi connectivity index (χ2n) is 9.44. The number of nitrogens with zero attached hydrogens (tertiary/aromatic N) is 1. The summed E-state index contributed by atoms with van der Waals surface area (Å²) in [6, 6.07) is 24.3. The molecule has 1 fully saturated rings. The van der Waals surface area contributed by atoms with Crippen molar-refractivity contribution >= 4 is 17.6 Å². The predicted molar refractivity (Wildman–Crippen MR) is 134 cm³/mol. The number of ether oxygens (including phenoxy) is 2. The zero-order chi connectivity index (χ0) is 23.9. The number of amides is 1. The Bertz CT molecular complexity index is 1300. The molecule has 0 radical (unpaired) electrons. The van der Waals surface area contributed by atoms with Crippen LogP contribution in [0.1, 0.15) is 52.2 Å². The molecule has 6 rings (SSSR count). The fourth-order valence-electron chi connectivity index (χ4n) is 6.03. The van der Waals surface area contributed by atoms with Crippen LogP contribution in [0.3, 0.4) is 0 Å². The highest BCUT2D eigenvalue weighted by molar-refractivity contribution is 5.95. The monoisotopic (exact) mass is 465 g/mol. The van der Waals surface area contributed by atoms with Crippen LogP contribution in [-0.2, 0) is 9.47 Å². The third-order valence-corrected chi connectivity index (χ3v) is 7.62. The van der Waals surface area contributed by atoms with E-state index in [-0.39, 0.29) is 30.1 Å². The molecule has 176 valence electrons. The number of carbonyl (C=O) groups is 2. The number of hydrogen-bond donors (Lipinski definition) is 0. The number of carbonyl (C=O) groups excluding carboxylic acids is 2. The van der Waals surface area contributed by atoms with E-state index in [0.717, 1.165) is 24.0 Å². The van der Waals surface area contributed by atoms with Gasteiger partial charge in [0.2, 0.25) is 0 Å². The molecule has 2 aliphatic heterocycles. The summed E-state index contributed by atoms with van der Waals surface area (Å²) in [5.41, 5.74) is 7.42. The zero-order valence-electron chi connectivity index (χ0n) is 19.6.